The molecule has 5 nitrogen and oxygen atoms in total. The molecule has 138 valence electrons. The molecule has 0 aliphatic carbocycles. The molecule has 0 bridgehead atoms. The Morgan fingerprint density at radius 3 is 2.54 bits per heavy atom. The maximum Gasteiger partial charge on any atom is 0.238 e. The van der Waals surface area contributed by atoms with Gasteiger partial charge in [-0.25, -0.2) is 8.42 Å². The van der Waals surface area contributed by atoms with Gasteiger partial charge in [0, 0.05) is 18.1 Å². The van der Waals surface area contributed by atoms with E-state index in [0.29, 0.717) is 36.5 Å². The fourth-order valence-electron chi connectivity index (χ4n) is 3.13. The van der Waals surface area contributed by atoms with Crippen LogP contribution in [-0.2, 0) is 27.1 Å². The Hall–Kier alpha value is -1.89. The van der Waals surface area contributed by atoms with Crippen LogP contribution in [0.5, 0.6) is 0 Å². The average molecular weight is 393 g/mol. The number of hydrogen-bond donors (Lipinski definition) is 1. The average Bonchev–Trinajstić information content (AvgIpc) is 3.13. The van der Waals surface area contributed by atoms with E-state index in [0.717, 1.165) is 5.56 Å². The molecule has 3 rings (SSSR count). The standard InChI is InChI=1S/C19H21ClN2O3S/c20-17-10-5-4-9-16(17)14-26(24,25)22-12-6-11-18(22)19(23)21-13-15-7-2-1-3-8-15/h1-5,7-10,18H,6,11-14H2,(H,21,23)/t18-/m0/s1. The largest absolute Gasteiger partial charge is 0.351 e. The molecule has 0 spiro atoms. The molecule has 1 N–H and O–H groups in total. The first kappa shape index (κ1) is 18.9. The highest BCUT2D eigenvalue weighted by atomic mass is 35.5. The van der Waals surface area contributed by atoms with Crippen LogP contribution < -0.4 is 5.32 Å². The quantitative estimate of drug-likeness (QED) is 0.821. The van der Waals surface area contributed by atoms with Crippen molar-refractivity contribution < 1.29 is 13.2 Å². The van der Waals surface area contributed by atoms with Gasteiger partial charge in [-0.05, 0) is 30.0 Å². The molecule has 0 aromatic heterocycles. The number of benzene rings is 2. The summed E-state index contributed by atoms with van der Waals surface area (Å²) >= 11 is 6.09. The number of carbonyl (C=O) groups excluding carboxylic acids is 1. The minimum Gasteiger partial charge on any atom is -0.351 e. The SMILES string of the molecule is O=C(NCc1ccccc1)[C@@H]1CCCN1S(=O)(=O)Cc1ccccc1Cl. The Morgan fingerprint density at radius 2 is 1.81 bits per heavy atom. The minimum atomic E-state index is -3.62. The summed E-state index contributed by atoms with van der Waals surface area (Å²) in [5, 5.41) is 3.26. The van der Waals surface area contributed by atoms with Crippen LogP contribution in [0.4, 0.5) is 0 Å². The molecule has 1 aliphatic rings. The summed E-state index contributed by atoms with van der Waals surface area (Å²) in [6, 6.07) is 15.8. The number of halogens is 1. The number of nitrogens with zero attached hydrogens (tertiary/aromatic N) is 1. The molecular formula is C19H21ClN2O3S. The summed E-state index contributed by atoms with van der Waals surface area (Å²) in [7, 11) is -3.62. The van der Waals surface area contributed by atoms with Gasteiger partial charge in [0.05, 0.1) is 5.75 Å². The summed E-state index contributed by atoms with van der Waals surface area (Å²) in [6.45, 7) is 0.741. The number of sulfonamides is 1. The number of hydrogen-bond acceptors (Lipinski definition) is 3. The highest BCUT2D eigenvalue weighted by molar-refractivity contribution is 7.88. The Morgan fingerprint density at radius 1 is 1.12 bits per heavy atom. The third-order valence-electron chi connectivity index (χ3n) is 4.47. The van der Waals surface area contributed by atoms with Crippen molar-refractivity contribution >= 4 is 27.5 Å². The van der Waals surface area contributed by atoms with Crippen molar-refractivity contribution in [3.63, 3.8) is 0 Å². The van der Waals surface area contributed by atoms with Crippen molar-refractivity contribution in [1.82, 2.24) is 9.62 Å². The van der Waals surface area contributed by atoms with Crippen molar-refractivity contribution in [3.05, 3.63) is 70.7 Å². The molecule has 1 heterocycles. The number of carbonyl (C=O) groups is 1. The summed E-state index contributed by atoms with van der Waals surface area (Å²) in [6.07, 6.45) is 1.20. The summed E-state index contributed by atoms with van der Waals surface area (Å²) < 4.78 is 27.0. The summed E-state index contributed by atoms with van der Waals surface area (Å²) in [4.78, 5) is 12.6. The molecule has 1 atom stereocenters. The number of nitrogens with one attached hydrogen (secondary N) is 1. The molecule has 0 saturated carbocycles. The van der Waals surface area contributed by atoms with Crippen LogP contribution in [0.1, 0.15) is 24.0 Å². The summed E-state index contributed by atoms with van der Waals surface area (Å²) in [5.74, 6) is -0.455. The topological polar surface area (TPSA) is 66.5 Å². The van der Waals surface area contributed by atoms with Crippen LogP contribution in [0.3, 0.4) is 0 Å². The van der Waals surface area contributed by atoms with E-state index in [1.165, 1.54) is 4.31 Å². The lowest BCUT2D eigenvalue weighted by Gasteiger charge is -2.23. The highest BCUT2D eigenvalue weighted by Crippen LogP contribution is 2.26. The molecule has 7 heteroatoms. The van der Waals surface area contributed by atoms with Crippen molar-refractivity contribution in [1.29, 1.82) is 0 Å². The summed E-state index contributed by atoms with van der Waals surface area (Å²) in [5.41, 5.74) is 1.52. The molecule has 1 saturated heterocycles. The van der Waals surface area contributed by atoms with Crippen molar-refractivity contribution in [3.8, 4) is 0 Å². The maximum atomic E-state index is 12.8. The fraction of sp³-hybridized carbons (Fsp3) is 0.316. The zero-order chi connectivity index (χ0) is 18.6. The predicted octanol–water partition coefficient (Wildman–Crippen LogP) is 2.95. The lowest BCUT2D eigenvalue weighted by atomic mass is 10.2. The van der Waals surface area contributed by atoms with Gasteiger partial charge in [-0.3, -0.25) is 4.79 Å². The van der Waals surface area contributed by atoms with Gasteiger partial charge in [0.15, 0.2) is 0 Å². The van der Waals surface area contributed by atoms with Gasteiger partial charge in [-0.1, -0.05) is 60.1 Å². The maximum absolute atomic E-state index is 12.8. The van der Waals surface area contributed by atoms with Gasteiger partial charge < -0.3 is 5.32 Å². The molecule has 1 aliphatic heterocycles. The minimum absolute atomic E-state index is 0.199. The smallest absolute Gasteiger partial charge is 0.238 e. The molecule has 1 fully saturated rings. The molecule has 0 unspecified atom stereocenters. The zero-order valence-corrected chi connectivity index (χ0v) is 15.8. The van der Waals surface area contributed by atoms with Gasteiger partial charge in [-0.15, -0.1) is 0 Å². The van der Waals surface area contributed by atoms with Gasteiger partial charge in [0.25, 0.3) is 0 Å². The van der Waals surface area contributed by atoms with Crippen LogP contribution in [0, 0.1) is 0 Å². The first-order chi connectivity index (χ1) is 12.5. The first-order valence-electron chi connectivity index (χ1n) is 8.52. The van der Waals surface area contributed by atoms with Gasteiger partial charge in [0.2, 0.25) is 15.9 Å². The van der Waals surface area contributed by atoms with Crippen LogP contribution in [0.15, 0.2) is 54.6 Å². The fourth-order valence-corrected chi connectivity index (χ4v) is 5.22. The molecule has 1 amide bonds. The van der Waals surface area contributed by atoms with Crippen LogP contribution in [-0.4, -0.2) is 31.2 Å². The number of rotatable bonds is 6. The van der Waals surface area contributed by atoms with E-state index in [4.69, 9.17) is 11.6 Å². The lowest BCUT2D eigenvalue weighted by Crippen LogP contribution is -2.46. The lowest BCUT2D eigenvalue weighted by molar-refractivity contribution is -0.124. The van der Waals surface area contributed by atoms with E-state index in [9.17, 15) is 13.2 Å². The van der Waals surface area contributed by atoms with E-state index >= 15 is 0 Å². The Balaban J connectivity index is 1.68. The molecule has 26 heavy (non-hydrogen) atoms. The normalized spacial score (nSPS) is 18.0. The third kappa shape index (κ3) is 4.44. The molecular weight excluding hydrogens is 372 g/mol. The van der Waals surface area contributed by atoms with E-state index < -0.39 is 16.1 Å². The second kappa shape index (κ2) is 8.20. The molecule has 0 radical (unpaired) electrons. The number of amides is 1. The second-order valence-electron chi connectivity index (χ2n) is 6.32. The van der Waals surface area contributed by atoms with E-state index in [1.54, 1.807) is 24.3 Å². The Labute approximate surface area is 159 Å². The highest BCUT2D eigenvalue weighted by Gasteiger charge is 2.38. The van der Waals surface area contributed by atoms with Crippen LogP contribution in [0.25, 0.3) is 0 Å². The second-order valence-corrected chi connectivity index (χ2v) is 8.65. The van der Waals surface area contributed by atoms with Gasteiger partial charge in [0.1, 0.15) is 6.04 Å². The Bertz CT molecular complexity index is 871. The molecule has 2 aromatic rings. The first-order valence-corrected chi connectivity index (χ1v) is 10.5. The van der Waals surface area contributed by atoms with E-state index in [-0.39, 0.29) is 11.7 Å². The van der Waals surface area contributed by atoms with Gasteiger partial charge in [-0.2, -0.15) is 4.31 Å². The van der Waals surface area contributed by atoms with Crippen LogP contribution >= 0.6 is 11.6 Å². The van der Waals surface area contributed by atoms with Crippen molar-refractivity contribution in [2.24, 2.45) is 0 Å². The Kier molecular flexibility index (Phi) is 5.96. The van der Waals surface area contributed by atoms with Crippen molar-refractivity contribution in [2.75, 3.05) is 6.54 Å². The monoisotopic (exact) mass is 392 g/mol. The van der Waals surface area contributed by atoms with Crippen LogP contribution in [0.2, 0.25) is 5.02 Å². The van der Waals surface area contributed by atoms with E-state index in [1.807, 2.05) is 30.3 Å². The van der Waals surface area contributed by atoms with Gasteiger partial charge >= 0.3 is 0 Å². The van der Waals surface area contributed by atoms with Crippen molar-refractivity contribution in [2.45, 2.75) is 31.2 Å². The zero-order valence-electron chi connectivity index (χ0n) is 14.3. The van der Waals surface area contributed by atoms with E-state index in [2.05, 4.69) is 5.32 Å². The third-order valence-corrected chi connectivity index (χ3v) is 6.67. The predicted molar refractivity (Wildman–Crippen MR) is 102 cm³/mol. The molecule has 2 aromatic carbocycles.